The van der Waals surface area contributed by atoms with E-state index in [-0.39, 0.29) is 28.0 Å². The fraction of sp³-hybridized carbons (Fsp3) is 0.286. The van der Waals surface area contributed by atoms with Gasteiger partial charge in [-0.15, -0.1) is 0 Å². The van der Waals surface area contributed by atoms with Crippen molar-refractivity contribution in [1.82, 2.24) is 0 Å². The number of ether oxygens (including phenoxy) is 2. The lowest BCUT2D eigenvalue weighted by molar-refractivity contribution is -0.277. The van der Waals surface area contributed by atoms with Crippen molar-refractivity contribution in [3.8, 4) is 28.4 Å². The van der Waals surface area contributed by atoms with Crippen molar-refractivity contribution >= 4 is 11.0 Å². The van der Waals surface area contributed by atoms with E-state index in [4.69, 9.17) is 13.9 Å². The van der Waals surface area contributed by atoms with Gasteiger partial charge in [0, 0.05) is 12.1 Å². The van der Waals surface area contributed by atoms with Gasteiger partial charge in [0.25, 0.3) is 0 Å². The molecule has 3 aromatic rings. The number of hydrogen-bond donors (Lipinski definition) is 6. The van der Waals surface area contributed by atoms with Gasteiger partial charge >= 0.3 is 0 Å². The zero-order chi connectivity index (χ0) is 22.3. The van der Waals surface area contributed by atoms with Gasteiger partial charge in [-0.25, -0.2) is 0 Å². The van der Waals surface area contributed by atoms with Gasteiger partial charge in [0.2, 0.25) is 11.7 Å². The molecule has 5 atom stereocenters. The van der Waals surface area contributed by atoms with Gasteiger partial charge in [0.15, 0.2) is 0 Å². The van der Waals surface area contributed by atoms with E-state index in [9.17, 15) is 35.4 Å². The molecule has 1 aromatic heterocycles. The van der Waals surface area contributed by atoms with Gasteiger partial charge < -0.3 is 44.5 Å². The van der Waals surface area contributed by atoms with Crippen LogP contribution >= 0.6 is 0 Å². The molecule has 6 N–H and O–H groups in total. The molecule has 0 amide bonds. The van der Waals surface area contributed by atoms with E-state index in [0.717, 1.165) is 6.07 Å². The fourth-order valence-corrected chi connectivity index (χ4v) is 3.41. The normalized spacial score (nSPS) is 26.1. The highest BCUT2D eigenvalue weighted by atomic mass is 16.7. The highest BCUT2D eigenvalue weighted by Gasteiger charge is 2.44. The van der Waals surface area contributed by atoms with Crippen LogP contribution in [0, 0.1) is 0 Å². The molecule has 10 nitrogen and oxygen atoms in total. The summed E-state index contributed by atoms with van der Waals surface area (Å²) in [4.78, 5) is 12.9. The second-order valence-electron chi connectivity index (χ2n) is 7.16. The SMILES string of the molecule is O=c1c(-c2ccc(O)cc2)coc2cc(OC3O[C@H](CO)[C@@H](O)[C@H](O)[C@H]3O)cc(O)c12. The lowest BCUT2D eigenvalue weighted by Gasteiger charge is -2.39. The number of aliphatic hydroxyl groups excluding tert-OH is 4. The van der Waals surface area contributed by atoms with E-state index in [0.29, 0.717) is 5.56 Å². The van der Waals surface area contributed by atoms with Crippen LogP contribution in [0.3, 0.4) is 0 Å². The number of aliphatic hydroxyl groups is 4. The Kier molecular flexibility index (Phi) is 5.56. The van der Waals surface area contributed by atoms with Crippen LogP contribution < -0.4 is 10.2 Å². The molecule has 1 aliphatic rings. The van der Waals surface area contributed by atoms with E-state index in [1.807, 2.05) is 0 Å². The Hall–Kier alpha value is -3.15. The first-order valence-corrected chi connectivity index (χ1v) is 9.35. The van der Waals surface area contributed by atoms with Gasteiger partial charge in [-0.1, -0.05) is 12.1 Å². The van der Waals surface area contributed by atoms with Crippen LogP contribution in [-0.4, -0.2) is 68.0 Å². The van der Waals surface area contributed by atoms with Crippen LogP contribution in [0.4, 0.5) is 0 Å². The lowest BCUT2D eigenvalue weighted by Crippen LogP contribution is -2.60. The number of phenolic OH excluding ortho intramolecular Hbond substituents is 2. The number of benzene rings is 2. The predicted octanol–water partition coefficient (Wildman–Crippen LogP) is 0.0499. The Labute approximate surface area is 174 Å². The number of aromatic hydroxyl groups is 2. The summed E-state index contributed by atoms with van der Waals surface area (Å²) >= 11 is 0. The van der Waals surface area contributed by atoms with Crippen LogP contribution in [0.25, 0.3) is 22.1 Å². The first kappa shape index (κ1) is 21.1. The first-order chi connectivity index (χ1) is 14.8. The monoisotopic (exact) mass is 432 g/mol. The van der Waals surface area contributed by atoms with Crippen molar-refractivity contribution in [2.75, 3.05) is 6.61 Å². The molecule has 4 rings (SSSR count). The molecular formula is C21H20O10. The minimum Gasteiger partial charge on any atom is -0.508 e. The van der Waals surface area contributed by atoms with E-state index < -0.39 is 48.5 Å². The number of rotatable bonds is 4. The number of phenols is 2. The van der Waals surface area contributed by atoms with Crippen molar-refractivity contribution in [2.24, 2.45) is 0 Å². The topological polar surface area (TPSA) is 170 Å². The van der Waals surface area contributed by atoms with Crippen LogP contribution in [0.1, 0.15) is 0 Å². The Morgan fingerprint density at radius 3 is 2.35 bits per heavy atom. The standard InChI is InChI=1S/C21H20O10/c22-7-15-18(26)19(27)20(28)21(31-15)30-11-5-13(24)16-14(6-11)29-8-12(17(16)25)9-1-3-10(23)4-2-9/h1-6,8,15,18-24,26-28H,7H2/t15-,18-,19+,20-,21?/m1/s1. The maximum Gasteiger partial charge on any atom is 0.229 e. The highest BCUT2D eigenvalue weighted by Crippen LogP contribution is 2.32. The van der Waals surface area contributed by atoms with Crippen molar-refractivity contribution in [3.05, 3.63) is 52.9 Å². The van der Waals surface area contributed by atoms with Gasteiger partial charge in [-0.05, 0) is 17.7 Å². The van der Waals surface area contributed by atoms with E-state index in [1.54, 1.807) is 0 Å². The van der Waals surface area contributed by atoms with Crippen molar-refractivity contribution in [3.63, 3.8) is 0 Å². The summed E-state index contributed by atoms with van der Waals surface area (Å²) in [6.07, 6.45) is -6.23. The predicted molar refractivity (Wildman–Crippen MR) is 106 cm³/mol. The number of fused-ring (bicyclic) bond motifs is 1. The average Bonchev–Trinajstić information content (AvgIpc) is 2.75. The Morgan fingerprint density at radius 2 is 1.68 bits per heavy atom. The third-order valence-corrected chi connectivity index (χ3v) is 5.11. The largest absolute Gasteiger partial charge is 0.508 e. The molecule has 0 radical (unpaired) electrons. The van der Waals surface area contributed by atoms with Gasteiger partial charge in [-0.3, -0.25) is 4.79 Å². The lowest BCUT2D eigenvalue weighted by atomic mass is 9.99. The third kappa shape index (κ3) is 3.82. The van der Waals surface area contributed by atoms with Crippen molar-refractivity contribution in [1.29, 1.82) is 0 Å². The molecular weight excluding hydrogens is 412 g/mol. The van der Waals surface area contributed by atoms with Crippen LogP contribution in [0.2, 0.25) is 0 Å². The molecule has 10 heteroatoms. The van der Waals surface area contributed by atoms with Gasteiger partial charge in [0.1, 0.15) is 58.9 Å². The molecule has 2 heterocycles. The number of hydrogen-bond acceptors (Lipinski definition) is 10. The second-order valence-corrected chi connectivity index (χ2v) is 7.16. The minimum atomic E-state index is -1.64. The molecule has 0 spiro atoms. The summed E-state index contributed by atoms with van der Waals surface area (Å²) in [5.41, 5.74) is 0.135. The van der Waals surface area contributed by atoms with Crippen molar-refractivity contribution < 1.29 is 44.5 Å². The third-order valence-electron chi connectivity index (χ3n) is 5.11. The smallest absolute Gasteiger partial charge is 0.229 e. The molecule has 2 aromatic carbocycles. The molecule has 1 aliphatic heterocycles. The van der Waals surface area contributed by atoms with E-state index >= 15 is 0 Å². The zero-order valence-electron chi connectivity index (χ0n) is 16.0. The first-order valence-electron chi connectivity index (χ1n) is 9.35. The Bertz CT molecular complexity index is 1140. The zero-order valence-corrected chi connectivity index (χ0v) is 16.0. The molecule has 31 heavy (non-hydrogen) atoms. The summed E-state index contributed by atoms with van der Waals surface area (Å²) in [5.74, 6) is -0.465. The van der Waals surface area contributed by atoms with E-state index in [2.05, 4.69) is 0 Å². The summed E-state index contributed by atoms with van der Waals surface area (Å²) < 4.78 is 16.2. The maximum atomic E-state index is 12.9. The molecule has 1 saturated heterocycles. The fourth-order valence-electron chi connectivity index (χ4n) is 3.41. The Morgan fingerprint density at radius 1 is 0.968 bits per heavy atom. The second kappa shape index (κ2) is 8.17. The van der Waals surface area contributed by atoms with Crippen LogP contribution in [0.15, 0.2) is 51.9 Å². The quantitative estimate of drug-likeness (QED) is 0.331. The van der Waals surface area contributed by atoms with Crippen molar-refractivity contribution in [2.45, 2.75) is 30.7 Å². The van der Waals surface area contributed by atoms with E-state index in [1.165, 1.54) is 36.6 Å². The Balaban J connectivity index is 1.68. The van der Waals surface area contributed by atoms with Crippen LogP contribution in [-0.2, 0) is 4.74 Å². The molecule has 1 unspecified atom stereocenters. The summed E-state index contributed by atoms with van der Waals surface area (Å²) in [6.45, 7) is -0.622. The summed E-state index contributed by atoms with van der Waals surface area (Å²) in [5, 5.41) is 58.8. The molecule has 0 aliphatic carbocycles. The highest BCUT2D eigenvalue weighted by molar-refractivity contribution is 5.88. The van der Waals surface area contributed by atoms with Crippen LogP contribution in [0.5, 0.6) is 17.2 Å². The molecule has 164 valence electrons. The van der Waals surface area contributed by atoms with Gasteiger partial charge in [-0.2, -0.15) is 0 Å². The molecule has 0 bridgehead atoms. The maximum absolute atomic E-state index is 12.9. The summed E-state index contributed by atoms with van der Waals surface area (Å²) in [7, 11) is 0. The van der Waals surface area contributed by atoms with Gasteiger partial charge in [0.05, 0.1) is 12.2 Å². The average molecular weight is 432 g/mol. The molecule has 1 fully saturated rings. The molecule has 0 saturated carbocycles. The minimum absolute atomic E-state index is 0.00730. The summed E-state index contributed by atoms with van der Waals surface area (Å²) in [6, 6.07) is 8.29.